The van der Waals surface area contributed by atoms with E-state index in [0.29, 0.717) is 17.4 Å². The second kappa shape index (κ2) is 7.26. The lowest BCUT2D eigenvalue weighted by Crippen LogP contribution is -2.25. The predicted molar refractivity (Wildman–Crippen MR) is 90.2 cm³/mol. The van der Waals surface area contributed by atoms with Gasteiger partial charge in [0.1, 0.15) is 0 Å². The molecule has 0 heterocycles. The minimum Gasteiger partial charge on any atom is -0.313 e. The van der Waals surface area contributed by atoms with E-state index in [1.807, 2.05) is 0 Å². The van der Waals surface area contributed by atoms with Gasteiger partial charge in [0.15, 0.2) is 0 Å². The molecule has 1 rings (SSSR count). The van der Waals surface area contributed by atoms with Gasteiger partial charge < -0.3 is 5.32 Å². The Bertz CT molecular complexity index is 414. The number of hydrogen-bond acceptors (Lipinski definition) is 1. The average Bonchev–Trinajstić information content (AvgIpc) is 2.42. The number of nitrogens with one attached hydrogen (secondary N) is 1. The largest absolute Gasteiger partial charge is 0.313 e. The van der Waals surface area contributed by atoms with Gasteiger partial charge in [-0.05, 0) is 54.3 Å². The van der Waals surface area contributed by atoms with E-state index < -0.39 is 0 Å². The highest BCUT2D eigenvalue weighted by Crippen LogP contribution is 2.33. The van der Waals surface area contributed by atoms with Crippen LogP contribution in [0.1, 0.15) is 70.7 Å². The van der Waals surface area contributed by atoms with Crippen molar-refractivity contribution >= 4 is 0 Å². The molecule has 0 spiro atoms. The molecule has 0 saturated heterocycles. The number of benzene rings is 1. The molecule has 1 aromatic rings. The van der Waals surface area contributed by atoms with Crippen molar-refractivity contribution in [3.8, 4) is 0 Å². The Kier molecular flexibility index (Phi) is 6.26. The summed E-state index contributed by atoms with van der Waals surface area (Å²) in [6.07, 6.45) is 3.45. The molecule has 0 aliphatic heterocycles. The first kappa shape index (κ1) is 17.2. The number of hydrogen-bond donors (Lipinski definition) is 1. The van der Waals surface area contributed by atoms with Crippen LogP contribution in [0.4, 0.5) is 0 Å². The Hall–Kier alpha value is -0.820. The molecule has 1 aromatic carbocycles. The fraction of sp³-hybridized carbons (Fsp3) is 0.684. The van der Waals surface area contributed by atoms with Gasteiger partial charge in [-0.2, -0.15) is 0 Å². The third-order valence-corrected chi connectivity index (χ3v) is 4.81. The third-order valence-electron chi connectivity index (χ3n) is 4.81. The molecule has 0 aliphatic rings. The molecule has 2 unspecified atom stereocenters. The van der Waals surface area contributed by atoms with Gasteiger partial charge in [0, 0.05) is 6.04 Å². The zero-order chi connectivity index (χ0) is 15.3. The molecule has 0 aliphatic carbocycles. The van der Waals surface area contributed by atoms with E-state index in [1.165, 1.54) is 23.1 Å². The molecule has 1 N–H and O–H groups in total. The first-order valence-corrected chi connectivity index (χ1v) is 8.12. The molecule has 0 radical (unpaired) electrons. The first-order valence-electron chi connectivity index (χ1n) is 8.12. The highest BCUT2D eigenvalue weighted by Gasteiger charge is 2.24. The maximum atomic E-state index is 3.51. The van der Waals surface area contributed by atoms with Gasteiger partial charge in [0.2, 0.25) is 0 Å². The van der Waals surface area contributed by atoms with Crippen LogP contribution in [-0.4, -0.2) is 7.05 Å². The molecule has 1 heteroatoms. The Morgan fingerprint density at radius 2 is 1.65 bits per heavy atom. The van der Waals surface area contributed by atoms with Crippen LogP contribution in [0.25, 0.3) is 0 Å². The van der Waals surface area contributed by atoms with Crippen molar-refractivity contribution in [2.75, 3.05) is 7.05 Å². The smallest absolute Gasteiger partial charge is 0.0320 e. The summed E-state index contributed by atoms with van der Waals surface area (Å²) in [7, 11) is 2.08. The molecule has 0 fully saturated rings. The van der Waals surface area contributed by atoms with Crippen molar-refractivity contribution in [3.05, 3.63) is 34.9 Å². The Morgan fingerprint density at radius 1 is 1.05 bits per heavy atom. The minimum atomic E-state index is 0.367. The van der Waals surface area contributed by atoms with Crippen LogP contribution in [0.2, 0.25) is 0 Å². The maximum Gasteiger partial charge on any atom is 0.0320 e. The van der Waals surface area contributed by atoms with Crippen molar-refractivity contribution in [3.63, 3.8) is 0 Å². The molecule has 2 atom stereocenters. The highest BCUT2D eigenvalue weighted by atomic mass is 14.9. The fourth-order valence-corrected chi connectivity index (χ4v) is 2.66. The van der Waals surface area contributed by atoms with E-state index in [1.54, 1.807) is 0 Å². The summed E-state index contributed by atoms with van der Waals surface area (Å²) in [5.74, 6) is 0.691. The van der Waals surface area contributed by atoms with E-state index in [0.717, 1.165) is 12.8 Å². The number of rotatable bonds is 6. The van der Waals surface area contributed by atoms with Gasteiger partial charge in [0.25, 0.3) is 0 Å². The van der Waals surface area contributed by atoms with E-state index in [2.05, 4.69) is 72.1 Å². The molecule has 20 heavy (non-hydrogen) atoms. The average molecular weight is 275 g/mol. The zero-order valence-electron chi connectivity index (χ0n) is 14.5. The van der Waals surface area contributed by atoms with Gasteiger partial charge in [-0.25, -0.2) is 0 Å². The SMILES string of the molecule is CCc1ccc(C(CC(C)C(C)(C)C)NC)cc1CC. The summed E-state index contributed by atoms with van der Waals surface area (Å²) >= 11 is 0. The van der Waals surface area contributed by atoms with Crippen LogP contribution >= 0.6 is 0 Å². The van der Waals surface area contributed by atoms with Crippen LogP contribution in [0, 0.1) is 11.3 Å². The van der Waals surface area contributed by atoms with Crippen LogP contribution in [-0.2, 0) is 12.8 Å². The second-order valence-corrected chi connectivity index (χ2v) is 7.08. The van der Waals surface area contributed by atoms with Crippen molar-refractivity contribution in [2.24, 2.45) is 11.3 Å². The van der Waals surface area contributed by atoms with E-state index >= 15 is 0 Å². The lowest BCUT2D eigenvalue weighted by atomic mass is 9.77. The third kappa shape index (κ3) is 4.34. The van der Waals surface area contributed by atoms with Crippen LogP contribution < -0.4 is 5.32 Å². The summed E-state index contributed by atoms with van der Waals surface area (Å²) in [5.41, 5.74) is 4.81. The van der Waals surface area contributed by atoms with Crippen molar-refractivity contribution in [2.45, 2.75) is 66.8 Å². The van der Waals surface area contributed by atoms with E-state index in [4.69, 9.17) is 0 Å². The lowest BCUT2D eigenvalue weighted by molar-refractivity contribution is 0.226. The van der Waals surface area contributed by atoms with Gasteiger partial charge in [-0.3, -0.25) is 0 Å². The fourth-order valence-electron chi connectivity index (χ4n) is 2.66. The van der Waals surface area contributed by atoms with Gasteiger partial charge >= 0.3 is 0 Å². The second-order valence-electron chi connectivity index (χ2n) is 7.08. The molecular formula is C19H33N. The molecule has 0 bridgehead atoms. The Balaban J connectivity index is 2.95. The van der Waals surface area contributed by atoms with Crippen molar-refractivity contribution in [1.29, 1.82) is 0 Å². The quantitative estimate of drug-likeness (QED) is 0.757. The van der Waals surface area contributed by atoms with Gasteiger partial charge in [0.05, 0.1) is 0 Å². The van der Waals surface area contributed by atoms with E-state index in [9.17, 15) is 0 Å². The molecule has 1 nitrogen and oxygen atoms in total. The molecule has 0 saturated carbocycles. The molecular weight excluding hydrogens is 242 g/mol. The summed E-state index contributed by atoms with van der Waals surface area (Å²) in [6, 6.07) is 7.50. The number of aryl methyl sites for hydroxylation is 2. The zero-order valence-corrected chi connectivity index (χ0v) is 14.5. The first-order chi connectivity index (χ1) is 9.33. The van der Waals surface area contributed by atoms with Gasteiger partial charge in [-0.15, -0.1) is 0 Å². The summed E-state index contributed by atoms with van der Waals surface area (Å²) in [5, 5.41) is 3.51. The highest BCUT2D eigenvalue weighted by molar-refractivity contribution is 5.33. The summed E-state index contributed by atoms with van der Waals surface area (Å²) in [4.78, 5) is 0. The standard InChI is InChI=1S/C19H33N/c1-8-15-10-11-17(13-16(15)9-2)18(20-7)12-14(3)19(4,5)6/h10-11,13-14,18,20H,8-9,12H2,1-7H3. The van der Waals surface area contributed by atoms with Crippen molar-refractivity contribution < 1.29 is 0 Å². The summed E-state index contributed by atoms with van der Waals surface area (Å²) in [6.45, 7) is 13.9. The Labute approximate surface area is 126 Å². The maximum absolute atomic E-state index is 3.51. The molecule has 0 amide bonds. The lowest BCUT2D eigenvalue weighted by Gasteiger charge is -2.31. The van der Waals surface area contributed by atoms with Gasteiger partial charge in [-0.1, -0.05) is 59.7 Å². The topological polar surface area (TPSA) is 12.0 Å². The van der Waals surface area contributed by atoms with Crippen LogP contribution in [0.3, 0.4) is 0 Å². The van der Waals surface area contributed by atoms with Crippen LogP contribution in [0.15, 0.2) is 18.2 Å². The minimum absolute atomic E-state index is 0.367. The predicted octanol–water partition coefficient (Wildman–Crippen LogP) is 5.14. The monoisotopic (exact) mass is 275 g/mol. The van der Waals surface area contributed by atoms with Crippen LogP contribution in [0.5, 0.6) is 0 Å². The summed E-state index contributed by atoms with van der Waals surface area (Å²) < 4.78 is 0. The molecule has 0 aromatic heterocycles. The normalized spacial score (nSPS) is 15.2. The van der Waals surface area contributed by atoms with E-state index in [-0.39, 0.29) is 0 Å². The van der Waals surface area contributed by atoms with Crippen molar-refractivity contribution in [1.82, 2.24) is 5.32 Å². The Morgan fingerprint density at radius 3 is 2.10 bits per heavy atom. The molecule has 114 valence electrons.